The lowest BCUT2D eigenvalue weighted by atomic mass is 10.1. The molecule has 0 spiro atoms. The Bertz CT molecular complexity index is 837. The number of anilines is 1. The monoisotopic (exact) mass is 352 g/mol. The normalized spacial score (nSPS) is 14.6. The second kappa shape index (κ2) is 7.93. The standard InChI is InChI=1S/C20H20N2O4/c1-15-2-4-16(5-3-15)20(23)9-6-17-14-18(22(24)25)7-8-19(17)21-10-12-26-13-11-21/h2-9,14H,10-13H2,1H3/b9-6+. The minimum absolute atomic E-state index is 0.00412. The van der Waals surface area contributed by atoms with Gasteiger partial charge >= 0.3 is 0 Å². The van der Waals surface area contributed by atoms with Crippen molar-refractivity contribution >= 4 is 23.2 Å². The molecule has 0 unspecified atom stereocenters. The largest absolute Gasteiger partial charge is 0.378 e. The molecule has 2 aromatic rings. The summed E-state index contributed by atoms with van der Waals surface area (Å²) in [4.78, 5) is 25.2. The van der Waals surface area contributed by atoms with Crippen molar-refractivity contribution in [3.8, 4) is 0 Å². The molecule has 0 N–H and O–H groups in total. The van der Waals surface area contributed by atoms with E-state index in [2.05, 4.69) is 4.90 Å². The van der Waals surface area contributed by atoms with Gasteiger partial charge in [-0.15, -0.1) is 0 Å². The molecule has 2 aromatic carbocycles. The third-order valence-corrected chi connectivity index (χ3v) is 4.32. The predicted molar refractivity (Wildman–Crippen MR) is 101 cm³/mol. The average Bonchev–Trinajstić information content (AvgIpc) is 2.67. The van der Waals surface area contributed by atoms with Crippen LogP contribution in [0.15, 0.2) is 48.5 Å². The van der Waals surface area contributed by atoms with Crippen LogP contribution < -0.4 is 4.90 Å². The summed E-state index contributed by atoms with van der Waals surface area (Å²) >= 11 is 0. The number of aryl methyl sites for hydroxylation is 1. The van der Waals surface area contributed by atoms with E-state index in [4.69, 9.17) is 4.74 Å². The molecule has 6 heteroatoms. The van der Waals surface area contributed by atoms with Crippen LogP contribution >= 0.6 is 0 Å². The number of nitro groups is 1. The number of morpholine rings is 1. The first-order valence-corrected chi connectivity index (χ1v) is 8.45. The van der Waals surface area contributed by atoms with E-state index in [1.807, 2.05) is 19.1 Å². The molecule has 1 heterocycles. The zero-order valence-corrected chi connectivity index (χ0v) is 14.6. The number of non-ortho nitro benzene ring substituents is 1. The lowest BCUT2D eigenvalue weighted by Gasteiger charge is -2.30. The van der Waals surface area contributed by atoms with Crippen LogP contribution in [0.3, 0.4) is 0 Å². The molecule has 1 aliphatic heterocycles. The number of carbonyl (C=O) groups excluding carboxylic acids is 1. The van der Waals surface area contributed by atoms with E-state index in [1.54, 1.807) is 24.3 Å². The number of ketones is 1. The molecule has 134 valence electrons. The summed E-state index contributed by atoms with van der Waals surface area (Å²) in [5.41, 5.74) is 3.20. The molecule has 26 heavy (non-hydrogen) atoms. The van der Waals surface area contributed by atoms with E-state index in [1.165, 1.54) is 18.2 Å². The number of carbonyl (C=O) groups is 1. The Morgan fingerprint density at radius 3 is 2.50 bits per heavy atom. The SMILES string of the molecule is Cc1ccc(C(=O)/C=C/c2cc([N+](=O)[O-])ccc2N2CCOCC2)cc1. The highest BCUT2D eigenvalue weighted by Gasteiger charge is 2.17. The van der Waals surface area contributed by atoms with Crippen LogP contribution in [0.5, 0.6) is 0 Å². The number of allylic oxidation sites excluding steroid dienone is 1. The number of rotatable bonds is 5. The van der Waals surface area contributed by atoms with Crippen LogP contribution in [0, 0.1) is 17.0 Å². The Hall–Kier alpha value is -2.99. The maximum atomic E-state index is 12.4. The van der Waals surface area contributed by atoms with Crippen molar-refractivity contribution in [1.29, 1.82) is 0 Å². The van der Waals surface area contributed by atoms with E-state index < -0.39 is 4.92 Å². The topological polar surface area (TPSA) is 72.7 Å². The fourth-order valence-corrected chi connectivity index (χ4v) is 2.86. The molecule has 0 amide bonds. The summed E-state index contributed by atoms with van der Waals surface area (Å²) in [6.07, 6.45) is 3.12. The van der Waals surface area contributed by atoms with Gasteiger partial charge in [0.25, 0.3) is 5.69 Å². The minimum atomic E-state index is -0.428. The summed E-state index contributed by atoms with van der Waals surface area (Å²) in [6.45, 7) is 4.61. The van der Waals surface area contributed by atoms with Gasteiger partial charge in [-0.25, -0.2) is 0 Å². The van der Waals surface area contributed by atoms with Crippen molar-refractivity contribution in [2.24, 2.45) is 0 Å². The van der Waals surface area contributed by atoms with Crippen molar-refractivity contribution in [3.63, 3.8) is 0 Å². The van der Waals surface area contributed by atoms with Crippen LogP contribution in [0.2, 0.25) is 0 Å². The Balaban J connectivity index is 1.90. The van der Waals surface area contributed by atoms with Crippen LogP contribution in [0.4, 0.5) is 11.4 Å². The van der Waals surface area contributed by atoms with Gasteiger partial charge in [0, 0.05) is 42.0 Å². The smallest absolute Gasteiger partial charge is 0.270 e. The first-order chi connectivity index (χ1) is 12.5. The number of ether oxygens (including phenoxy) is 1. The molecule has 0 atom stereocenters. The maximum absolute atomic E-state index is 12.4. The number of benzene rings is 2. The maximum Gasteiger partial charge on any atom is 0.270 e. The Morgan fingerprint density at radius 2 is 1.85 bits per heavy atom. The van der Waals surface area contributed by atoms with Crippen molar-refractivity contribution in [3.05, 3.63) is 75.3 Å². The molecule has 0 radical (unpaired) electrons. The molecular weight excluding hydrogens is 332 g/mol. The highest BCUT2D eigenvalue weighted by molar-refractivity contribution is 6.07. The van der Waals surface area contributed by atoms with Gasteiger partial charge in [0.1, 0.15) is 0 Å². The van der Waals surface area contributed by atoms with E-state index in [0.717, 1.165) is 11.3 Å². The van der Waals surface area contributed by atoms with Crippen molar-refractivity contribution in [1.82, 2.24) is 0 Å². The van der Waals surface area contributed by atoms with Gasteiger partial charge < -0.3 is 9.64 Å². The lowest BCUT2D eigenvalue weighted by Crippen LogP contribution is -2.36. The van der Waals surface area contributed by atoms with Crippen molar-refractivity contribution in [2.45, 2.75) is 6.92 Å². The molecule has 1 fully saturated rings. The summed E-state index contributed by atoms with van der Waals surface area (Å²) in [5.74, 6) is -0.135. The summed E-state index contributed by atoms with van der Waals surface area (Å²) in [5, 5.41) is 11.1. The number of nitro benzene ring substituents is 1. The van der Waals surface area contributed by atoms with Crippen LogP contribution in [0.1, 0.15) is 21.5 Å². The summed E-state index contributed by atoms with van der Waals surface area (Å²) in [6, 6.07) is 12.0. The molecule has 0 saturated carbocycles. The Morgan fingerprint density at radius 1 is 1.15 bits per heavy atom. The number of nitrogens with zero attached hydrogens (tertiary/aromatic N) is 2. The molecule has 0 bridgehead atoms. The Kier molecular flexibility index (Phi) is 5.43. The highest BCUT2D eigenvalue weighted by Crippen LogP contribution is 2.27. The van der Waals surface area contributed by atoms with Crippen LogP contribution in [-0.2, 0) is 4.74 Å². The van der Waals surface area contributed by atoms with Gasteiger partial charge in [0.15, 0.2) is 5.78 Å². The fourth-order valence-electron chi connectivity index (χ4n) is 2.86. The Labute approximate surface area is 151 Å². The lowest BCUT2D eigenvalue weighted by molar-refractivity contribution is -0.384. The second-order valence-corrected chi connectivity index (χ2v) is 6.16. The molecule has 6 nitrogen and oxygen atoms in total. The number of hydrogen-bond donors (Lipinski definition) is 0. The zero-order chi connectivity index (χ0) is 18.5. The van der Waals surface area contributed by atoms with Crippen molar-refractivity contribution < 1.29 is 14.5 Å². The zero-order valence-electron chi connectivity index (χ0n) is 14.6. The van der Waals surface area contributed by atoms with Gasteiger partial charge in [0.05, 0.1) is 18.1 Å². The number of hydrogen-bond acceptors (Lipinski definition) is 5. The minimum Gasteiger partial charge on any atom is -0.378 e. The first-order valence-electron chi connectivity index (χ1n) is 8.45. The molecular formula is C20H20N2O4. The third kappa shape index (κ3) is 4.15. The summed E-state index contributed by atoms with van der Waals surface area (Å²) < 4.78 is 5.37. The van der Waals surface area contributed by atoms with Gasteiger partial charge in [-0.1, -0.05) is 29.8 Å². The van der Waals surface area contributed by atoms with Gasteiger partial charge in [0.2, 0.25) is 0 Å². The predicted octanol–water partition coefficient (Wildman–Crippen LogP) is 3.64. The molecule has 3 rings (SSSR count). The quantitative estimate of drug-likeness (QED) is 0.355. The summed E-state index contributed by atoms with van der Waals surface area (Å²) in [7, 11) is 0. The molecule has 1 saturated heterocycles. The fraction of sp³-hybridized carbons (Fsp3) is 0.250. The van der Waals surface area contributed by atoms with Crippen LogP contribution in [0.25, 0.3) is 6.08 Å². The van der Waals surface area contributed by atoms with Gasteiger partial charge in [-0.3, -0.25) is 14.9 Å². The highest BCUT2D eigenvalue weighted by atomic mass is 16.6. The van der Waals surface area contributed by atoms with Gasteiger partial charge in [-0.2, -0.15) is 0 Å². The van der Waals surface area contributed by atoms with Crippen LogP contribution in [-0.4, -0.2) is 37.0 Å². The van der Waals surface area contributed by atoms with Crippen molar-refractivity contribution in [2.75, 3.05) is 31.2 Å². The first kappa shape index (κ1) is 17.8. The van der Waals surface area contributed by atoms with E-state index in [-0.39, 0.29) is 11.5 Å². The van der Waals surface area contributed by atoms with E-state index >= 15 is 0 Å². The van der Waals surface area contributed by atoms with E-state index in [9.17, 15) is 14.9 Å². The molecule has 1 aliphatic rings. The second-order valence-electron chi connectivity index (χ2n) is 6.16. The van der Waals surface area contributed by atoms with Gasteiger partial charge in [-0.05, 0) is 25.1 Å². The average molecular weight is 352 g/mol. The molecule has 0 aromatic heterocycles. The van der Waals surface area contributed by atoms with E-state index in [0.29, 0.717) is 37.4 Å². The molecule has 0 aliphatic carbocycles. The third-order valence-electron chi connectivity index (χ3n) is 4.32.